The second-order valence-corrected chi connectivity index (χ2v) is 8.66. The molecular weight excluding hydrogens is 486 g/mol. The number of ketones is 1. The first kappa shape index (κ1) is 30.2. The van der Waals surface area contributed by atoms with E-state index in [-0.39, 0.29) is 23.3 Å². The number of hydrogen-bond acceptors (Lipinski definition) is 7. The molecule has 0 fully saturated rings. The van der Waals surface area contributed by atoms with Gasteiger partial charge in [-0.1, -0.05) is 42.5 Å². The standard InChI is InChI=1S/C26H28ClNO4S.CH4O/c1-5-7-8-20(6-2)25(30)23-16-21(27)17-28-26(23)32-19(4)11-13-31-22-9-10-24(18(3)15-22)33-14-12-29;1-2/h5-10,12,15-17,19H,2,11,13-14H2,1,3-4H3;2H,1H3/b7-5-,20-8+;/t19-;/m1./s1. The van der Waals surface area contributed by atoms with Crippen LogP contribution in [0.2, 0.25) is 5.02 Å². The molecular formula is C27H32ClNO5S. The number of Topliss-reactive ketones (excluding diaryl/α,β-unsaturated/α-hetero) is 1. The molecule has 0 aliphatic rings. The van der Waals surface area contributed by atoms with Crippen molar-refractivity contribution < 1.29 is 24.2 Å². The lowest BCUT2D eigenvalue weighted by molar-refractivity contribution is -0.105. The first-order valence-corrected chi connectivity index (χ1v) is 12.3. The van der Waals surface area contributed by atoms with Gasteiger partial charge in [-0.15, -0.1) is 11.8 Å². The molecule has 0 saturated carbocycles. The zero-order valence-corrected chi connectivity index (χ0v) is 22.1. The topological polar surface area (TPSA) is 85.7 Å². The van der Waals surface area contributed by atoms with E-state index in [2.05, 4.69) is 11.6 Å². The number of aromatic nitrogens is 1. The van der Waals surface area contributed by atoms with Crippen LogP contribution in [0, 0.1) is 6.92 Å². The van der Waals surface area contributed by atoms with Gasteiger partial charge in [-0.3, -0.25) is 4.79 Å². The van der Waals surface area contributed by atoms with Crippen molar-refractivity contribution in [1.82, 2.24) is 4.98 Å². The summed E-state index contributed by atoms with van der Waals surface area (Å²) in [5.74, 6) is 1.14. The molecule has 35 heavy (non-hydrogen) atoms. The Morgan fingerprint density at radius 1 is 1.31 bits per heavy atom. The van der Waals surface area contributed by atoms with Gasteiger partial charge in [0.05, 0.1) is 22.9 Å². The molecule has 0 radical (unpaired) electrons. The number of hydrogen-bond donors (Lipinski definition) is 1. The Morgan fingerprint density at radius 2 is 2.06 bits per heavy atom. The van der Waals surface area contributed by atoms with Crippen molar-refractivity contribution in [3.05, 3.63) is 83.1 Å². The molecule has 6 nitrogen and oxygen atoms in total. The highest BCUT2D eigenvalue weighted by molar-refractivity contribution is 8.00. The van der Waals surface area contributed by atoms with E-state index in [4.69, 9.17) is 26.2 Å². The van der Waals surface area contributed by atoms with Crippen molar-refractivity contribution in [2.45, 2.75) is 38.2 Å². The van der Waals surface area contributed by atoms with Crippen LogP contribution >= 0.6 is 23.4 Å². The molecule has 1 aromatic heterocycles. The van der Waals surface area contributed by atoms with Gasteiger partial charge in [0.25, 0.3) is 0 Å². The fourth-order valence-corrected chi connectivity index (χ4v) is 3.72. The van der Waals surface area contributed by atoms with Gasteiger partial charge >= 0.3 is 0 Å². The number of aliphatic hydroxyl groups excluding tert-OH is 1. The van der Waals surface area contributed by atoms with Crippen LogP contribution in [0.15, 0.2) is 71.8 Å². The fraction of sp³-hybridized carbons (Fsp3) is 0.296. The number of pyridine rings is 1. The number of carbonyl (C=O) groups is 2. The zero-order chi connectivity index (χ0) is 26.2. The molecule has 0 aliphatic heterocycles. The lowest BCUT2D eigenvalue weighted by atomic mass is 10.0. The van der Waals surface area contributed by atoms with Gasteiger partial charge in [-0.2, -0.15) is 0 Å². The van der Waals surface area contributed by atoms with Gasteiger partial charge < -0.3 is 19.4 Å². The van der Waals surface area contributed by atoms with Crippen LogP contribution in [0.25, 0.3) is 0 Å². The maximum atomic E-state index is 13.0. The number of carbonyl (C=O) groups excluding carboxylic acids is 2. The molecule has 1 atom stereocenters. The van der Waals surface area contributed by atoms with Crippen LogP contribution in [-0.4, -0.2) is 47.7 Å². The van der Waals surface area contributed by atoms with E-state index in [1.165, 1.54) is 24.0 Å². The van der Waals surface area contributed by atoms with Gasteiger partial charge in [0.2, 0.25) is 5.88 Å². The van der Waals surface area contributed by atoms with Crippen LogP contribution in [0.5, 0.6) is 11.6 Å². The summed E-state index contributed by atoms with van der Waals surface area (Å²) in [4.78, 5) is 28.8. The number of allylic oxidation sites excluding steroid dienone is 5. The molecule has 0 unspecified atom stereocenters. The second-order valence-electron chi connectivity index (χ2n) is 7.16. The third-order valence-corrected chi connectivity index (χ3v) is 5.85. The molecule has 0 aliphatic carbocycles. The minimum Gasteiger partial charge on any atom is -0.493 e. The molecule has 0 saturated heterocycles. The fourth-order valence-electron chi connectivity index (χ4n) is 2.86. The van der Waals surface area contributed by atoms with Crippen molar-refractivity contribution >= 4 is 35.4 Å². The Balaban J connectivity index is 0.00000298. The molecule has 1 N–H and O–H groups in total. The predicted molar refractivity (Wildman–Crippen MR) is 143 cm³/mol. The molecule has 2 aromatic rings. The molecule has 1 heterocycles. The quantitative estimate of drug-likeness (QED) is 0.114. The SMILES string of the molecule is C=C/C(=C\C=C/C)C(=O)c1cc(Cl)cnc1O[C@H](C)CCOc1ccc(SCC=O)c(C)c1.CO. The van der Waals surface area contributed by atoms with Crippen LogP contribution in [0.1, 0.15) is 36.2 Å². The highest BCUT2D eigenvalue weighted by Gasteiger charge is 2.19. The number of aldehydes is 1. The first-order chi connectivity index (χ1) is 16.9. The molecule has 0 amide bonds. The summed E-state index contributed by atoms with van der Waals surface area (Å²) >= 11 is 7.58. The Kier molecular flexibility index (Phi) is 14.4. The summed E-state index contributed by atoms with van der Waals surface area (Å²) < 4.78 is 11.8. The van der Waals surface area contributed by atoms with E-state index in [0.717, 1.165) is 29.6 Å². The van der Waals surface area contributed by atoms with E-state index in [9.17, 15) is 9.59 Å². The zero-order valence-electron chi connectivity index (χ0n) is 20.5. The molecule has 0 bridgehead atoms. The first-order valence-electron chi connectivity index (χ1n) is 11.0. The van der Waals surface area contributed by atoms with Gasteiger partial charge in [0.15, 0.2) is 5.78 Å². The van der Waals surface area contributed by atoms with Crippen LogP contribution in [-0.2, 0) is 4.79 Å². The number of ether oxygens (including phenoxy) is 2. The van der Waals surface area contributed by atoms with Gasteiger partial charge in [-0.05, 0) is 50.6 Å². The Labute approximate surface area is 216 Å². The number of halogens is 1. The Morgan fingerprint density at radius 3 is 2.69 bits per heavy atom. The normalized spacial score (nSPS) is 11.9. The summed E-state index contributed by atoms with van der Waals surface area (Å²) in [6, 6.07) is 7.34. The third-order valence-electron chi connectivity index (χ3n) is 4.57. The van der Waals surface area contributed by atoms with Crippen molar-refractivity contribution in [2.75, 3.05) is 19.5 Å². The number of aliphatic hydroxyl groups is 1. The molecule has 0 spiro atoms. The van der Waals surface area contributed by atoms with E-state index < -0.39 is 0 Å². The summed E-state index contributed by atoms with van der Waals surface area (Å²) in [6.07, 6.45) is 9.45. The molecule has 8 heteroatoms. The van der Waals surface area contributed by atoms with Gasteiger partial charge in [0, 0.05) is 30.2 Å². The van der Waals surface area contributed by atoms with E-state index in [0.29, 0.717) is 29.4 Å². The molecule has 2 rings (SSSR count). The Hall–Kier alpha value is -2.87. The van der Waals surface area contributed by atoms with Gasteiger partial charge in [0.1, 0.15) is 18.1 Å². The summed E-state index contributed by atoms with van der Waals surface area (Å²) in [5, 5.41) is 7.35. The number of rotatable bonds is 13. The minimum absolute atomic E-state index is 0.220. The maximum Gasteiger partial charge on any atom is 0.225 e. The second kappa shape index (κ2) is 16.7. The number of nitrogens with zero attached hydrogens (tertiary/aromatic N) is 1. The van der Waals surface area contributed by atoms with E-state index in [1.54, 1.807) is 18.2 Å². The average Bonchev–Trinajstić information content (AvgIpc) is 2.86. The summed E-state index contributed by atoms with van der Waals surface area (Å²) in [5.41, 5.74) is 1.76. The van der Waals surface area contributed by atoms with Crippen LogP contribution in [0.4, 0.5) is 0 Å². The van der Waals surface area contributed by atoms with Crippen molar-refractivity contribution in [3.63, 3.8) is 0 Å². The minimum atomic E-state index is -0.264. The largest absolute Gasteiger partial charge is 0.493 e. The Bertz CT molecular complexity index is 1050. The number of aryl methyl sites for hydroxylation is 1. The average molecular weight is 518 g/mol. The van der Waals surface area contributed by atoms with Gasteiger partial charge in [-0.25, -0.2) is 4.98 Å². The van der Waals surface area contributed by atoms with Crippen LogP contribution in [0.3, 0.4) is 0 Å². The lowest BCUT2D eigenvalue weighted by Gasteiger charge is -2.17. The third kappa shape index (κ3) is 10.1. The summed E-state index contributed by atoms with van der Waals surface area (Å²) in [6.45, 7) is 9.89. The van der Waals surface area contributed by atoms with E-state index in [1.807, 2.05) is 45.0 Å². The predicted octanol–water partition coefficient (Wildman–Crippen LogP) is 6.05. The van der Waals surface area contributed by atoms with Crippen molar-refractivity contribution in [1.29, 1.82) is 0 Å². The smallest absolute Gasteiger partial charge is 0.225 e. The monoisotopic (exact) mass is 517 g/mol. The van der Waals surface area contributed by atoms with E-state index >= 15 is 0 Å². The molecule has 188 valence electrons. The summed E-state index contributed by atoms with van der Waals surface area (Å²) in [7, 11) is 1.00. The lowest BCUT2D eigenvalue weighted by Crippen LogP contribution is -2.18. The molecule has 1 aromatic carbocycles. The highest BCUT2D eigenvalue weighted by atomic mass is 35.5. The number of thioether (sulfide) groups is 1. The maximum absolute atomic E-state index is 13.0. The number of benzene rings is 1. The van der Waals surface area contributed by atoms with Crippen molar-refractivity contribution in [3.8, 4) is 11.6 Å². The van der Waals surface area contributed by atoms with Crippen molar-refractivity contribution in [2.24, 2.45) is 0 Å². The van der Waals surface area contributed by atoms with Crippen LogP contribution < -0.4 is 9.47 Å². The highest BCUT2D eigenvalue weighted by Crippen LogP contribution is 2.27.